The molecule has 1 unspecified atom stereocenters. The third-order valence-corrected chi connectivity index (χ3v) is 2.37. The molecule has 1 rings (SSSR count). The van der Waals surface area contributed by atoms with Crippen molar-refractivity contribution >= 4 is 17.3 Å². The first kappa shape index (κ1) is 14.2. The number of hydrogen-bond donors (Lipinski definition) is 3. The number of nitrogen functional groups attached to an aromatic ring is 1. The highest BCUT2D eigenvalue weighted by Gasteiger charge is 2.11. The van der Waals surface area contributed by atoms with Crippen molar-refractivity contribution in [1.82, 2.24) is 5.32 Å². The zero-order chi connectivity index (χ0) is 13.5. The second-order valence-electron chi connectivity index (χ2n) is 3.98. The minimum atomic E-state index is -0.318. The molecule has 100 valence electrons. The average molecular weight is 251 g/mol. The van der Waals surface area contributed by atoms with Crippen molar-refractivity contribution in [3.05, 3.63) is 18.2 Å². The van der Waals surface area contributed by atoms with Crippen LogP contribution in [0.1, 0.15) is 20.8 Å². The Bertz CT molecular complexity index is 407. The lowest BCUT2D eigenvalue weighted by Gasteiger charge is -2.16. The van der Waals surface area contributed by atoms with Gasteiger partial charge < -0.3 is 21.1 Å². The Kier molecular flexibility index (Phi) is 5.30. The van der Waals surface area contributed by atoms with Crippen molar-refractivity contribution in [2.75, 3.05) is 24.2 Å². The molecular weight excluding hydrogens is 230 g/mol. The van der Waals surface area contributed by atoms with Crippen molar-refractivity contribution in [3.63, 3.8) is 0 Å². The van der Waals surface area contributed by atoms with Crippen LogP contribution in [-0.4, -0.2) is 25.1 Å². The Morgan fingerprint density at radius 3 is 2.72 bits per heavy atom. The Hall–Kier alpha value is -1.91. The molecule has 0 aromatic heterocycles. The third-order valence-electron chi connectivity index (χ3n) is 2.37. The molecule has 1 atom stereocenters. The summed E-state index contributed by atoms with van der Waals surface area (Å²) in [6.07, 6.45) is 0. The standard InChI is InChI=1S/C13H21N3O2/c1-4-15-13(17)9(3)16-11-6-10(14)7-12(8-11)18-5-2/h6-9,16H,4-5,14H2,1-3H3,(H,15,17). The lowest BCUT2D eigenvalue weighted by Crippen LogP contribution is -2.37. The van der Waals surface area contributed by atoms with Gasteiger partial charge in [-0.25, -0.2) is 0 Å². The molecule has 0 saturated heterocycles. The second-order valence-corrected chi connectivity index (χ2v) is 3.98. The first-order valence-electron chi connectivity index (χ1n) is 6.14. The lowest BCUT2D eigenvalue weighted by molar-refractivity contribution is -0.121. The van der Waals surface area contributed by atoms with E-state index in [9.17, 15) is 4.79 Å². The van der Waals surface area contributed by atoms with Crippen LogP contribution in [0.15, 0.2) is 18.2 Å². The van der Waals surface area contributed by atoms with Crippen molar-refractivity contribution in [2.24, 2.45) is 0 Å². The summed E-state index contributed by atoms with van der Waals surface area (Å²) >= 11 is 0. The largest absolute Gasteiger partial charge is 0.494 e. The van der Waals surface area contributed by atoms with Crippen molar-refractivity contribution in [1.29, 1.82) is 0 Å². The number of hydrogen-bond acceptors (Lipinski definition) is 4. The fourth-order valence-corrected chi connectivity index (χ4v) is 1.60. The Morgan fingerprint density at radius 1 is 1.39 bits per heavy atom. The van der Waals surface area contributed by atoms with E-state index >= 15 is 0 Å². The van der Waals surface area contributed by atoms with E-state index in [2.05, 4.69) is 10.6 Å². The van der Waals surface area contributed by atoms with Crippen LogP contribution in [0, 0.1) is 0 Å². The van der Waals surface area contributed by atoms with E-state index in [0.717, 1.165) is 5.69 Å². The summed E-state index contributed by atoms with van der Waals surface area (Å²) in [6, 6.07) is 5.04. The molecule has 1 amide bonds. The number of rotatable bonds is 6. The van der Waals surface area contributed by atoms with Gasteiger partial charge in [-0.15, -0.1) is 0 Å². The van der Waals surface area contributed by atoms with Gasteiger partial charge in [0.1, 0.15) is 11.8 Å². The van der Waals surface area contributed by atoms with E-state index < -0.39 is 0 Å². The first-order valence-corrected chi connectivity index (χ1v) is 6.14. The van der Waals surface area contributed by atoms with Crippen LogP contribution in [-0.2, 0) is 4.79 Å². The first-order chi connectivity index (χ1) is 8.56. The average Bonchev–Trinajstić information content (AvgIpc) is 2.28. The lowest BCUT2D eigenvalue weighted by atomic mass is 10.2. The highest BCUT2D eigenvalue weighted by Crippen LogP contribution is 2.23. The van der Waals surface area contributed by atoms with Crippen molar-refractivity contribution in [2.45, 2.75) is 26.8 Å². The summed E-state index contributed by atoms with van der Waals surface area (Å²) in [6.45, 7) is 6.79. The van der Waals surface area contributed by atoms with Gasteiger partial charge in [0, 0.05) is 30.1 Å². The zero-order valence-electron chi connectivity index (χ0n) is 11.1. The number of nitrogens with one attached hydrogen (secondary N) is 2. The minimum Gasteiger partial charge on any atom is -0.494 e. The van der Waals surface area contributed by atoms with Gasteiger partial charge in [-0.2, -0.15) is 0 Å². The monoisotopic (exact) mass is 251 g/mol. The van der Waals surface area contributed by atoms with Crippen molar-refractivity contribution < 1.29 is 9.53 Å². The number of carbonyl (C=O) groups is 1. The molecule has 18 heavy (non-hydrogen) atoms. The number of ether oxygens (including phenoxy) is 1. The summed E-state index contributed by atoms with van der Waals surface area (Å²) in [4.78, 5) is 11.6. The van der Waals surface area contributed by atoms with Crippen LogP contribution >= 0.6 is 0 Å². The highest BCUT2D eigenvalue weighted by molar-refractivity contribution is 5.84. The van der Waals surface area contributed by atoms with Gasteiger partial charge in [-0.1, -0.05) is 0 Å². The van der Waals surface area contributed by atoms with E-state index in [0.29, 0.717) is 24.6 Å². The van der Waals surface area contributed by atoms with Crippen LogP contribution in [0.5, 0.6) is 5.75 Å². The molecule has 4 N–H and O–H groups in total. The zero-order valence-corrected chi connectivity index (χ0v) is 11.1. The molecule has 0 aliphatic carbocycles. The summed E-state index contributed by atoms with van der Waals surface area (Å²) in [7, 11) is 0. The SMILES string of the molecule is CCNC(=O)C(C)Nc1cc(N)cc(OCC)c1. The minimum absolute atomic E-state index is 0.0436. The maximum absolute atomic E-state index is 11.6. The second kappa shape index (κ2) is 6.74. The van der Waals surface area contributed by atoms with Crippen LogP contribution in [0.2, 0.25) is 0 Å². The molecule has 0 aliphatic rings. The predicted molar refractivity (Wildman–Crippen MR) is 73.8 cm³/mol. The molecule has 1 aromatic carbocycles. The van der Waals surface area contributed by atoms with Crippen LogP contribution in [0.4, 0.5) is 11.4 Å². The Morgan fingerprint density at radius 2 is 2.11 bits per heavy atom. The number of nitrogens with two attached hydrogens (primary N) is 1. The molecule has 5 heteroatoms. The quantitative estimate of drug-likeness (QED) is 0.671. The Labute approximate surface area is 108 Å². The smallest absolute Gasteiger partial charge is 0.242 e. The van der Waals surface area contributed by atoms with Gasteiger partial charge in [-0.05, 0) is 26.8 Å². The van der Waals surface area contributed by atoms with Crippen LogP contribution in [0.25, 0.3) is 0 Å². The molecular formula is C13H21N3O2. The van der Waals surface area contributed by atoms with Gasteiger partial charge >= 0.3 is 0 Å². The topological polar surface area (TPSA) is 76.4 Å². The maximum atomic E-state index is 11.6. The number of likely N-dealkylation sites (N-methyl/N-ethyl adjacent to an activating group) is 1. The molecule has 5 nitrogen and oxygen atoms in total. The third kappa shape index (κ3) is 4.16. The van der Waals surface area contributed by atoms with Crippen molar-refractivity contribution in [3.8, 4) is 5.75 Å². The normalized spacial score (nSPS) is 11.7. The summed E-state index contributed by atoms with van der Waals surface area (Å²) in [5, 5.41) is 5.85. The van der Waals surface area contributed by atoms with E-state index in [4.69, 9.17) is 10.5 Å². The van der Waals surface area contributed by atoms with Crippen LogP contribution < -0.4 is 21.1 Å². The molecule has 0 spiro atoms. The predicted octanol–water partition coefficient (Wildman–Crippen LogP) is 1.60. The highest BCUT2D eigenvalue weighted by atomic mass is 16.5. The van der Waals surface area contributed by atoms with Gasteiger partial charge in [-0.3, -0.25) is 4.79 Å². The molecule has 0 fully saturated rings. The molecule has 1 aromatic rings. The molecule has 0 radical (unpaired) electrons. The van der Waals surface area contributed by atoms with E-state index in [1.165, 1.54) is 0 Å². The van der Waals surface area contributed by atoms with E-state index in [-0.39, 0.29) is 11.9 Å². The molecule has 0 heterocycles. The maximum Gasteiger partial charge on any atom is 0.242 e. The van der Waals surface area contributed by atoms with Crippen LogP contribution in [0.3, 0.4) is 0 Å². The van der Waals surface area contributed by atoms with E-state index in [1.54, 1.807) is 19.1 Å². The summed E-state index contributed by atoms with van der Waals surface area (Å²) < 4.78 is 5.40. The van der Waals surface area contributed by atoms with Gasteiger partial charge in [0.15, 0.2) is 0 Å². The molecule has 0 bridgehead atoms. The fourth-order valence-electron chi connectivity index (χ4n) is 1.60. The number of anilines is 2. The Balaban J connectivity index is 2.74. The number of carbonyl (C=O) groups excluding carboxylic acids is 1. The molecule has 0 saturated carbocycles. The number of amides is 1. The van der Waals surface area contributed by atoms with Gasteiger partial charge in [0.25, 0.3) is 0 Å². The fraction of sp³-hybridized carbons (Fsp3) is 0.462. The summed E-state index contributed by atoms with van der Waals surface area (Å²) in [5.41, 5.74) is 7.16. The van der Waals surface area contributed by atoms with E-state index in [1.807, 2.05) is 19.9 Å². The van der Waals surface area contributed by atoms with Gasteiger partial charge in [0.2, 0.25) is 5.91 Å². The summed E-state index contributed by atoms with van der Waals surface area (Å²) in [5.74, 6) is 0.654. The number of benzene rings is 1. The van der Waals surface area contributed by atoms with Gasteiger partial charge in [0.05, 0.1) is 6.61 Å². The molecule has 0 aliphatic heterocycles.